The lowest BCUT2D eigenvalue weighted by molar-refractivity contribution is -0.115. The average molecular weight is 394 g/mol. The minimum atomic E-state index is -0.0711. The molecule has 4 rings (SSSR count). The summed E-state index contributed by atoms with van der Waals surface area (Å²) in [6.45, 7) is 8.49. The second kappa shape index (κ2) is 7.63. The number of amidine groups is 1. The molecule has 1 aliphatic heterocycles. The van der Waals surface area contributed by atoms with Gasteiger partial charge in [-0.1, -0.05) is 18.9 Å². The smallest absolute Gasteiger partial charge is 0.264 e. The van der Waals surface area contributed by atoms with Gasteiger partial charge in [0.05, 0.1) is 10.6 Å². The normalized spacial score (nSPS) is 20.5. The largest absolute Gasteiger partial charge is 0.346 e. The standard InChI is InChI=1S/C23H27N3OS/c1-14-9-10-19(11-15(14)2)24-23-25-22(27)21(28-23)13-18-12-16(3)26(17(18)4)20-7-5-6-8-20/h9-13,20H,5-8H2,1-4H3,(H,24,25,27)/b21-13-. The molecule has 0 spiro atoms. The number of amides is 1. The summed E-state index contributed by atoms with van der Waals surface area (Å²) >= 11 is 1.42. The second-order valence-corrected chi connectivity index (χ2v) is 8.92. The van der Waals surface area contributed by atoms with Gasteiger partial charge in [-0.3, -0.25) is 4.79 Å². The molecule has 146 valence electrons. The molecule has 2 aliphatic rings. The van der Waals surface area contributed by atoms with E-state index in [9.17, 15) is 4.79 Å². The van der Waals surface area contributed by atoms with E-state index >= 15 is 0 Å². The summed E-state index contributed by atoms with van der Waals surface area (Å²) in [7, 11) is 0. The van der Waals surface area contributed by atoms with Gasteiger partial charge < -0.3 is 9.88 Å². The lowest BCUT2D eigenvalue weighted by atomic mass is 10.1. The maximum Gasteiger partial charge on any atom is 0.264 e. The van der Waals surface area contributed by atoms with Gasteiger partial charge in [-0.2, -0.15) is 0 Å². The summed E-state index contributed by atoms with van der Waals surface area (Å²) in [5, 5.41) is 3.54. The average Bonchev–Trinajstić information content (AvgIpc) is 3.34. The maximum atomic E-state index is 12.5. The summed E-state index contributed by atoms with van der Waals surface area (Å²) in [5.41, 5.74) is 6.98. The van der Waals surface area contributed by atoms with Gasteiger partial charge >= 0.3 is 0 Å². The molecule has 28 heavy (non-hydrogen) atoms. The summed E-state index contributed by atoms with van der Waals surface area (Å²) < 4.78 is 2.46. The number of nitrogens with zero attached hydrogens (tertiary/aromatic N) is 2. The first-order valence-electron chi connectivity index (χ1n) is 9.97. The molecule has 1 saturated carbocycles. The molecule has 0 radical (unpaired) electrons. The van der Waals surface area contributed by atoms with Crippen LogP contribution in [0.3, 0.4) is 0 Å². The van der Waals surface area contributed by atoms with Crippen LogP contribution in [-0.2, 0) is 4.79 Å². The van der Waals surface area contributed by atoms with Crippen molar-refractivity contribution in [2.24, 2.45) is 4.99 Å². The van der Waals surface area contributed by atoms with E-state index in [2.05, 4.69) is 54.7 Å². The van der Waals surface area contributed by atoms with Crippen LogP contribution >= 0.6 is 11.8 Å². The molecule has 1 amide bonds. The summed E-state index contributed by atoms with van der Waals surface area (Å²) in [4.78, 5) is 17.8. The fraction of sp³-hybridized carbons (Fsp3) is 0.391. The van der Waals surface area contributed by atoms with Crippen LogP contribution < -0.4 is 5.32 Å². The number of aliphatic imine (C=N–C) groups is 1. The van der Waals surface area contributed by atoms with Crippen LogP contribution in [-0.4, -0.2) is 15.6 Å². The fourth-order valence-corrected chi connectivity index (χ4v) is 5.04. The molecule has 1 aromatic heterocycles. The summed E-state index contributed by atoms with van der Waals surface area (Å²) in [5.74, 6) is -0.0711. The third-order valence-electron chi connectivity index (χ3n) is 5.87. The molecule has 2 fully saturated rings. The first-order chi connectivity index (χ1) is 13.4. The number of rotatable bonds is 3. The van der Waals surface area contributed by atoms with Gasteiger partial charge in [0.15, 0.2) is 5.17 Å². The third kappa shape index (κ3) is 3.68. The van der Waals surface area contributed by atoms with E-state index in [1.807, 2.05) is 18.2 Å². The van der Waals surface area contributed by atoms with E-state index in [1.165, 1.54) is 60.0 Å². The molecule has 2 heterocycles. The topological polar surface area (TPSA) is 46.4 Å². The molecule has 2 aromatic rings. The number of carbonyl (C=O) groups is 1. The molecular formula is C23H27N3OS. The van der Waals surface area contributed by atoms with Gasteiger partial charge in [0.25, 0.3) is 5.91 Å². The molecule has 1 aliphatic carbocycles. The van der Waals surface area contributed by atoms with E-state index < -0.39 is 0 Å². The number of nitrogens with one attached hydrogen (secondary N) is 1. The molecule has 1 saturated heterocycles. The Hall–Kier alpha value is -2.27. The Morgan fingerprint density at radius 2 is 1.86 bits per heavy atom. The van der Waals surface area contributed by atoms with Crippen molar-refractivity contribution in [2.45, 2.75) is 59.4 Å². The predicted molar refractivity (Wildman–Crippen MR) is 118 cm³/mol. The molecule has 4 nitrogen and oxygen atoms in total. The highest BCUT2D eigenvalue weighted by molar-refractivity contribution is 8.18. The lowest BCUT2D eigenvalue weighted by Crippen LogP contribution is -2.19. The Bertz CT molecular complexity index is 994. The van der Waals surface area contributed by atoms with Crippen molar-refractivity contribution in [3.05, 3.63) is 57.2 Å². The predicted octanol–water partition coefficient (Wildman–Crippen LogP) is 5.73. The molecule has 0 bridgehead atoms. The van der Waals surface area contributed by atoms with E-state index in [-0.39, 0.29) is 5.91 Å². The number of aromatic nitrogens is 1. The van der Waals surface area contributed by atoms with E-state index in [4.69, 9.17) is 0 Å². The van der Waals surface area contributed by atoms with Crippen molar-refractivity contribution in [1.82, 2.24) is 9.88 Å². The quantitative estimate of drug-likeness (QED) is 0.677. The van der Waals surface area contributed by atoms with Gasteiger partial charge in [0.2, 0.25) is 0 Å². The van der Waals surface area contributed by atoms with Crippen LogP contribution in [0.4, 0.5) is 5.69 Å². The molecule has 1 aromatic carbocycles. The van der Waals surface area contributed by atoms with Crippen molar-refractivity contribution in [3.8, 4) is 0 Å². The number of aryl methyl sites for hydroxylation is 3. The van der Waals surface area contributed by atoms with Crippen LogP contribution in [0.15, 0.2) is 34.2 Å². The highest BCUT2D eigenvalue weighted by Crippen LogP contribution is 2.35. The Kier molecular flexibility index (Phi) is 5.19. The number of carbonyl (C=O) groups excluding carboxylic acids is 1. The molecule has 5 heteroatoms. The van der Waals surface area contributed by atoms with Crippen molar-refractivity contribution in [3.63, 3.8) is 0 Å². The number of hydrogen-bond acceptors (Lipinski definition) is 3. The fourth-order valence-electron chi connectivity index (χ4n) is 4.21. The molecular weight excluding hydrogens is 366 g/mol. The van der Waals surface area contributed by atoms with Crippen LogP contribution in [0.5, 0.6) is 0 Å². The van der Waals surface area contributed by atoms with Gasteiger partial charge in [-0.05, 0) is 93.3 Å². The Balaban J connectivity index is 1.59. The zero-order chi connectivity index (χ0) is 19.8. The van der Waals surface area contributed by atoms with Crippen LogP contribution in [0.1, 0.15) is 59.8 Å². The Morgan fingerprint density at radius 1 is 1.11 bits per heavy atom. The van der Waals surface area contributed by atoms with Crippen LogP contribution in [0.2, 0.25) is 0 Å². The first kappa shape index (κ1) is 19.1. The first-order valence-corrected chi connectivity index (χ1v) is 10.8. The van der Waals surface area contributed by atoms with Crippen molar-refractivity contribution in [1.29, 1.82) is 0 Å². The zero-order valence-electron chi connectivity index (χ0n) is 17.0. The molecule has 1 N–H and O–H groups in total. The summed E-state index contributed by atoms with van der Waals surface area (Å²) in [6.07, 6.45) is 7.16. The van der Waals surface area contributed by atoms with Gasteiger partial charge in [0, 0.05) is 17.4 Å². The molecule has 0 atom stereocenters. The summed E-state index contributed by atoms with van der Waals surface area (Å²) in [6, 6.07) is 8.90. The van der Waals surface area contributed by atoms with Gasteiger partial charge in [0.1, 0.15) is 0 Å². The van der Waals surface area contributed by atoms with E-state index in [1.54, 1.807) is 0 Å². The maximum absolute atomic E-state index is 12.5. The minimum absolute atomic E-state index is 0.0711. The second-order valence-electron chi connectivity index (χ2n) is 7.89. The van der Waals surface area contributed by atoms with E-state index in [0.717, 1.165) is 11.3 Å². The minimum Gasteiger partial charge on any atom is -0.346 e. The highest BCUT2D eigenvalue weighted by Gasteiger charge is 2.26. The molecule has 0 unspecified atom stereocenters. The van der Waals surface area contributed by atoms with Crippen LogP contribution in [0, 0.1) is 27.7 Å². The van der Waals surface area contributed by atoms with Gasteiger partial charge in [-0.15, -0.1) is 0 Å². The monoisotopic (exact) mass is 393 g/mol. The third-order valence-corrected chi connectivity index (χ3v) is 6.78. The van der Waals surface area contributed by atoms with Crippen molar-refractivity contribution in [2.75, 3.05) is 0 Å². The number of benzene rings is 1. The number of hydrogen-bond donors (Lipinski definition) is 1. The van der Waals surface area contributed by atoms with Crippen molar-refractivity contribution >= 4 is 34.6 Å². The van der Waals surface area contributed by atoms with Crippen LogP contribution in [0.25, 0.3) is 6.08 Å². The zero-order valence-corrected chi connectivity index (χ0v) is 17.8. The SMILES string of the molecule is Cc1ccc(N=C2NC(=O)/C(=C/c3cc(C)n(C4CCCC4)c3C)S2)cc1C. The van der Waals surface area contributed by atoms with E-state index in [0.29, 0.717) is 16.1 Å². The van der Waals surface area contributed by atoms with Gasteiger partial charge in [-0.25, -0.2) is 4.99 Å². The lowest BCUT2D eigenvalue weighted by Gasteiger charge is -2.17. The number of thioether (sulfide) groups is 1. The Labute approximate surface area is 171 Å². The van der Waals surface area contributed by atoms with Crippen molar-refractivity contribution < 1.29 is 4.79 Å². The Morgan fingerprint density at radius 3 is 2.57 bits per heavy atom. The highest BCUT2D eigenvalue weighted by atomic mass is 32.2.